The minimum atomic E-state index is -1.39. The molecule has 0 saturated heterocycles. The second-order valence-corrected chi connectivity index (χ2v) is 9.98. The molecule has 1 rings (SSSR count). The van der Waals surface area contributed by atoms with Crippen LogP contribution < -0.4 is 5.73 Å². The van der Waals surface area contributed by atoms with Gasteiger partial charge in [-0.1, -0.05) is 19.6 Å². The molecule has 1 aromatic heterocycles. The molecule has 0 radical (unpaired) electrons. The predicted octanol–water partition coefficient (Wildman–Crippen LogP) is 1.09. The molecular formula is C9H13N5Si. The lowest BCUT2D eigenvalue weighted by Gasteiger charge is -2.17. The van der Waals surface area contributed by atoms with Gasteiger partial charge in [0.05, 0.1) is 8.07 Å². The molecule has 0 amide bonds. The van der Waals surface area contributed by atoms with E-state index in [1.165, 1.54) is 0 Å². The topological polar surface area (TPSA) is 91.4 Å². The molecule has 15 heavy (non-hydrogen) atoms. The standard InChI is InChI=1S/C9H13N5Si/c1-15(2,3)6-14-8(5-11)7(4-10)13-9(14)12/h6H2,1-3H3,(H2,12,13). The molecule has 6 heteroatoms. The molecule has 5 nitrogen and oxygen atoms in total. The molecule has 0 bridgehead atoms. The van der Waals surface area contributed by atoms with Crippen LogP contribution in [0.25, 0.3) is 0 Å². The molecule has 0 aliphatic heterocycles. The van der Waals surface area contributed by atoms with Gasteiger partial charge in [-0.2, -0.15) is 10.5 Å². The maximum Gasteiger partial charge on any atom is 0.202 e. The normalized spacial score (nSPS) is 10.7. The van der Waals surface area contributed by atoms with Crippen LogP contribution in [0.3, 0.4) is 0 Å². The van der Waals surface area contributed by atoms with Gasteiger partial charge in [-0.05, 0) is 0 Å². The molecule has 0 spiro atoms. The first-order valence-corrected chi connectivity index (χ1v) is 8.26. The highest BCUT2D eigenvalue weighted by molar-refractivity contribution is 6.75. The van der Waals surface area contributed by atoms with Crippen LogP contribution >= 0.6 is 0 Å². The Morgan fingerprint density at radius 3 is 2.33 bits per heavy atom. The number of nitrogens with two attached hydrogens (primary N) is 1. The fraction of sp³-hybridized carbons (Fsp3) is 0.444. The number of nitriles is 2. The van der Waals surface area contributed by atoms with Gasteiger partial charge in [0, 0.05) is 6.17 Å². The Bertz CT molecular complexity index is 455. The summed E-state index contributed by atoms with van der Waals surface area (Å²) in [5.41, 5.74) is 6.07. The lowest BCUT2D eigenvalue weighted by Crippen LogP contribution is -2.29. The molecule has 1 aromatic rings. The summed E-state index contributed by atoms with van der Waals surface area (Å²) in [6.45, 7) is 6.50. The van der Waals surface area contributed by atoms with Crippen LogP contribution in [0.15, 0.2) is 0 Å². The van der Waals surface area contributed by atoms with E-state index in [-0.39, 0.29) is 17.3 Å². The van der Waals surface area contributed by atoms with E-state index in [9.17, 15) is 0 Å². The van der Waals surface area contributed by atoms with Crippen LogP contribution in [0.5, 0.6) is 0 Å². The second kappa shape index (κ2) is 3.75. The van der Waals surface area contributed by atoms with Gasteiger partial charge in [0.2, 0.25) is 5.95 Å². The first kappa shape index (κ1) is 11.3. The minimum absolute atomic E-state index is 0.119. The highest BCUT2D eigenvalue weighted by Gasteiger charge is 2.21. The van der Waals surface area contributed by atoms with Crippen molar-refractivity contribution in [3.05, 3.63) is 11.4 Å². The summed E-state index contributed by atoms with van der Waals surface area (Å²) in [4.78, 5) is 3.86. The first-order valence-electron chi connectivity index (χ1n) is 4.55. The van der Waals surface area contributed by atoms with Crippen LogP contribution in [0.1, 0.15) is 11.4 Å². The van der Waals surface area contributed by atoms with Crippen molar-refractivity contribution < 1.29 is 0 Å². The van der Waals surface area contributed by atoms with Crippen molar-refractivity contribution >= 4 is 14.0 Å². The number of hydrogen-bond acceptors (Lipinski definition) is 4. The predicted molar refractivity (Wildman–Crippen MR) is 59.4 cm³/mol. The highest BCUT2D eigenvalue weighted by Crippen LogP contribution is 2.15. The Labute approximate surface area is 89.8 Å². The molecule has 0 fully saturated rings. The Hall–Kier alpha value is -1.79. The SMILES string of the molecule is C[Si](C)(C)Cn1c(N)nc(C#N)c1C#N. The van der Waals surface area contributed by atoms with Crippen molar-refractivity contribution in [1.82, 2.24) is 9.55 Å². The van der Waals surface area contributed by atoms with Crippen molar-refractivity contribution in [1.29, 1.82) is 10.5 Å². The minimum Gasteiger partial charge on any atom is -0.369 e. The average molecular weight is 219 g/mol. The summed E-state index contributed by atoms with van der Waals surface area (Å²) in [6.07, 6.45) is 0.705. The highest BCUT2D eigenvalue weighted by atomic mass is 28.3. The van der Waals surface area contributed by atoms with E-state index in [4.69, 9.17) is 16.3 Å². The first-order chi connectivity index (χ1) is 6.89. The molecule has 78 valence electrons. The largest absolute Gasteiger partial charge is 0.369 e. The number of nitrogens with zero attached hydrogens (tertiary/aromatic N) is 4. The summed E-state index contributed by atoms with van der Waals surface area (Å²) in [5.74, 6) is 0.255. The van der Waals surface area contributed by atoms with Gasteiger partial charge in [-0.25, -0.2) is 4.98 Å². The van der Waals surface area contributed by atoms with Crippen LogP contribution in [-0.4, -0.2) is 17.6 Å². The number of rotatable bonds is 2. The molecule has 1 heterocycles. The molecule has 0 aromatic carbocycles. The van der Waals surface area contributed by atoms with E-state index in [2.05, 4.69) is 24.6 Å². The van der Waals surface area contributed by atoms with Crippen LogP contribution in [0.4, 0.5) is 5.95 Å². The maximum absolute atomic E-state index is 8.94. The number of imidazole rings is 1. The summed E-state index contributed by atoms with van der Waals surface area (Å²) in [6, 6.07) is 3.85. The molecular weight excluding hydrogens is 206 g/mol. The lowest BCUT2D eigenvalue weighted by molar-refractivity contribution is 0.851. The fourth-order valence-corrected chi connectivity index (χ4v) is 2.56. The van der Waals surface area contributed by atoms with Gasteiger partial charge >= 0.3 is 0 Å². The Morgan fingerprint density at radius 2 is 1.93 bits per heavy atom. The smallest absolute Gasteiger partial charge is 0.202 e. The summed E-state index contributed by atoms with van der Waals surface area (Å²) < 4.78 is 1.64. The zero-order valence-electron chi connectivity index (χ0n) is 9.07. The van der Waals surface area contributed by atoms with Gasteiger partial charge in [-0.3, -0.25) is 0 Å². The molecule has 0 aliphatic carbocycles. The fourth-order valence-electron chi connectivity index (χ4n) is 1.30. The quantitative estimate of drug-likeness (QED) is 0.753. The maximum atomic E-state index is 8.94. The van der Waals surface area contributed by atoms with Crippen molar-refractivity contribution in [2.75, 3.05) is 5.73 Å². The van der Waals surface area contributed by atoms with E-state index in [1.54, 1.807) is 4.57 Å². The number of nitrogen functional groups attached to an aromatic ring is 1. The van der Waals surface area contributed by atoms with E-state index >= 15 is 0 Å². The number of anilines is 1. The summed E-state index contributed by atoms with van der Waals surface area (Å²) in [5, 5.41) is 17.7. The third-order valence-electron chi connectivity index (χ3n) is 1.84. The summed E-state index contributed by atoms with van der Waals surface area (Å²) in [7, 11) is -1.39. The van der Waals surface area contributed by atoms with Gasteiger partial charge < -0.3 is 10.3 Å². The third-order valence-corrected chi connectivity index (χ3v) is 3.11. The van der Waals surface area contributed by atoms with Crippen LogP contribution in [0.2, 0.25) is 19.6 Å². The zero-order chi connectivity index (χ0) is 11.6. The van der Waals surface area contributed by atoms with E-state index < -0.39 is 8.07 Å². The number of hydrogen-bond donors (Lipinski definition) is 1. The Morgan fingerprint density at radius 1 is 1.33 bits per heavy atom. The van der Waals surface area contributed by atoms with E-state index in [1.807, 2.05) is 12.1 Å². The van der Waals surface area contributed by atoms with E-state index in [0.717, 1.165) is 0 Å². The molecule has 0 aliphatic rings. The van der Waals surface area contributed by atoms with Crippen LogP contribution in [-0.2, 0) is 6.17 Å². The van der Waals surface area contributed by atoms with Crippen molar-refractivity contribution in [3.63, 3.8) is 0 Å². The van der Waals surface area contributed by atoms with Crippen LogP contribution in [0, 0.1) is 22.7 Å². The van der Waals surface area contributed by atoms with Crippen molar-refractivity contribution in [2.45, 2.75) is 25.8 Å². The molecule has 2 N–H and O–H groups in total. The Balaban J connectivity index is 3.25. The summed E-state index contributed by atoms with van der Waals surface area (Å²) >= 11 is 0. The Kier molecular flexibility index (Phi) is 2.82. The van der Waals surface area contributed by atoms with Crippen molar-refractivity contribution in [2.24, 2.45) is 0 Å². The van der Waals surface area contributed by atoms with Gasteiger partial charge in [0.1, 0.15) is 12.1 Å². The second-order valence-electron chi connectivity index (χ2n) is 4.54. The molecule has 0 unspecified atom stereocenters. The van der Waals surface area contributed by atoms with Gasteiger partial charge in [0.15, 0.2) is 11.4 Å². The zero-order valence-corrected chi connectivity index (χ0v) is 10.1. The monoisotopic (exact) mass is 219 g/mol. The van der Waals surface area contributed by atoms with Gasteiger partial charge in [-0.15, -0.1) is 0 Å². The number of aromatic nitrogens is 2. The van der Waals surface area contributed by atoms with Gasteiger partial charge in [0.25, 0.3) is 0 Å². The van der Waals surface area contributed by atoms with E-state index in [0.29, 0.717) is 6.17 Å². The lowest BCUT2D eigenvalue weighted by atomic mass is 10.4. The molecule has 0 saturated carbocycles. The third kappa shape index (κ3) is 2.36. The molecule has 0 atom stereocenters. The average Bonchev–Trinajstić information content (AvgIpc) is 2.40. The van der Waals surface area contributed by atoms with Crippen molar-refractivity contribution in [3.8, 4) is 12.1 Å².